The molecule has 25 heavy (non-hydrogen) atoms. The van der Waals surface area contributed by atoms with Gasteiger partial charge in [0.2, 0.25) is 0 Å². The summed E-state index contributed by atoms with van der Waals surface area (Å²) >= 11 is 0. The van der Waals surface area contributed by atoms with Crippen LogP contribution in [0.2, 0.25) is 0 Å². The molecule has 0 atom stereocenters. The third kappa shape index (κ3) is 2.83. The average molecular weight is 346 g/mol. The van der Waals surface area contributed by atoms with Crippen molar-refractivity contribution >= 4 is 23.4 Å². The van der Waals surface area contributed by atoms with Crippen LogP contribution in [0.4, 0.5) is 0 Å². The maximum Gasteiger partial charge on any atom is 0.325 e. The number of nitrogens with zero attached hydrogens (tertiary/aromatic N) is 1. The van der Waals surface area contributed by atoms with Crippen molar-refractivity contribution in [1.29, 1.82) is 0 Å². The molecule has 0 aromatic carbocycles. The molecule has 7 nitrogen and oxygen atoms in total. The van der Waals surface area contributed by atoms with Crippen LogP contribution < -0.4 is 5.32 Å². The van der Waals surface area contributed by atoms with Crippen molar-refractivity contribution in [2.24, 2.45) is 0 Å². The molecule has 1 aromatic heterocycles. The molecule has 0 saturated heterocycles. The van der Waals surface area contributed by atoms with Gasteiger partial charge in [0.25, 0.3) is 5.91 Å². The minimum absolute atomic E-state index is 0.207. The first-order valence-electron chi connectivity index (χ1n) is 8.61. The van der Waals surface area contributed by atoms with E-state index in [-0.39, 0.29) is 30.3 Å². The maximum atomic E-state index is 13.2. The number of aliphatic hydroxyl groups excluding tert-OH is 1. The fourth-order valence-electron chi connectivity index (χ4n) is 3.79. The number of ketones is 1. The van der Waals surface area contributed by atoms with Gasteiger partial charge >= 0.3 is 5.97 Å². The van der Waals surface area contributed by atoms with Crippen LogP contribution in [0, 0.1) is 0 Å². The van der Waals surface area contributed by atoms with Gasteiger partial charge in [-0.3, -0.25) is 14.4 Å². The lowest BCUT2D eigenvalue weighted by molar-refractivity contribution is -0.143. The van der Waals surface area contributed by atoms with Gasteiger partial charge in [-0.05, 0) is 31.9 Å². The molecule has 2 heterocycles. The van der Waals surface area contributed by atoms with Gasteiger partial charge in [-0.15, -0.1) is 0 Å². The Morgan fingerprint density at radius 3 is 2.72 bits per heavy atom. The molecular formula is C18H22N2O5. The zero-order chi connectivity index (χ0) is 18.0. The second kappa shape index (κ2) is 6.74. The summed E-state index contributed by atoms with van der Waals surface area (Å²) in [5.74, 6) is -2.05. The lowest BCUT2D eigenvalue weighted by Gasteiger charge is -2.41. The SMILES string of the molecule is CCOC(=O)CNC(=O)C1=C(O)c2cccn2C2(CCCCC2)C1=O. The molecule has 0 unspecified atom stereocenters. The fourth-order valence-corrected chi connectivity index (χ4v) is 3.79. The number of amides is 1. The van der Waals surface area contributed by atoms with Crippen molar-refractivity contribution in [3.05, 3.63) is 29.6 Å². The van der Waals surface area contributed by atoms with Crippen molar-refractivity contribution in [2.45, 2.75) is 44.6 Å². The van der Waals surface area contributed by atoms with Gasteiger partial charge in [0.1, 0.15) is 17.7 Å². The third-order valence-electron chi connectivity index (χ3n) is 4.95. The Kier molecular flexibility index (Phi) is 4.65. The van der Waals surface area contributed by atoms with Gasteiger partial charge in [0.05, 0.1) is 12.3 Å². The Bertz CT molecular complexity index is 740. The molecule has 2 N–H and O–H groups in total. The summed E-state index contributed by atoms with van der Waals surface area (Å²) in [6.07, 6.45) is 5.88. The number of hydrogen-bond donors (Lipinski definition) is 2. The number of esters is 1. The number of carbonyl (C=O) groups is 3. The first kappa shape index (κ1) is 17.3. The summed E-state index contributed by atoms with van der Waals surface area (Å²) < 4.78 is 6.56. The number of rotatable bonds is 4. The van der Waals surface area contributed by atoms with Crippen molar-refractivity contribution in [3.63, 3.8) is 0 Å². The highest BCUT2D eigenvalue weighted by atomic mass is 16.5. The highest BCUT2D eigenvalue weighted by molar-refractivity contribution is 6.27. The normalized spacial score (nSPS) is 18.8. The summed E-state index contributed by atoms with van der Waals surface area (Å²) in [4.78, 5) is 37.1. The maximum absolute atomic E-state index is 13.2. The Balaban J connectivity index is 1.93. The number of Topliss-reactive ketones (excluding diaryl/α,β-unsaturated/α-hetero) is 1. The van der Waals surface area contributed by atoms with Crippen LogP contribution in [-0.4, -0.2) is 40.5 Å². The Labute approximate surface area is 145 Å². The van der Waals surface area contributed by atoms with Crippen molar-refractivity contribution in [2.75, 3.05) is 13.2 Å². The van der Waals surface area contributed by atoms with E-state index in [9.17, 15) is 19.5 Å². The molecule has 7 heteroatoms. The minimum Gasteiger partial charge on any atom is -0.505 e. The topological polar surface area (TPSA) is 97.6 Å². The van der Waals surface area contributed by atoms with E-state index in [1.807, 2.05) is 0 Å². The van der Waals surface area contributed by atoms with E-state index in [0.717, 1.165) is 19.3 Å². The zero-order valence-corrected chi connectivity index (χ0v) is 14.2. The number of fused-ring (bicyclic) bond motifs is 2. The van der Waals surface area contributed by atoms with Gasteiger partial charge in [0, 0.05) is 6.20 Å². The highest BCUT2D eigenvalue weighted by Gasteiger charge is 2.49. The van der Waals surface area contributed by atoms with Crippen LogP contribution in [0.3, 0.4) is 0 Å². The van der Waals surface area contributed by atoms with Crippen molar-refractivity contribution < 1.29 is 24.2 Å². The molecule has 1 spiro atoms. The molecule has 1 aliphatic heterocycles. The summed E-state index contributed by atoms with van der Waals surface area (Å²) in [5.41, 5.74) is -0.625. The largest absolute Gasteiger partial charge is 0.505 e. The van der Waals surface area contributed by atoms with Gasteiger partial charge in [-0.1, -0.05) is 19.3 Å². The van der Waals surface area contributed by atoms with Crippen LogP contribution in [0.1, 0.15) is 44.7 Å². The van der Waals surface area contributed by atoms with E-state index in [4.69, 9.17) is 4.74 Å². The van der Waals surface area contributed by atoms with Gasteiger partial charge in [0.15, 0.2) is 11.5 Å². The summed E-state index contributed by atoms with van der Waals surface area (Å²) in [5, 5.41) is 12.9. The second-order valence-corrected chi connectivity index (χ2v) is 6.40. The van der Waals surface area contributed by atoms with Crippen LogP contribution in [0.5, 0.6) is 0 Å². The van der Waals surface area contributed by atoms with E-state index in [1.54, 1.807) is 29.8 Å². The number of ether oxygens (including phenoxy) is 1. The number of aromatic nitrogens is 1. The molecular weight excluding hydrogens is 324 g/mol. The van der Waals surface area contributed by atoms with Crippen LogP contribution in [-0.2, 0) is 24.7 Å². The van der Waals surface area contributed by atoms with Crippen LogP contribution >= 0.6 is 0 Å². The van der Waals surface area contributed by atoms with Gasteiger partial charge in [-0.25, -0.2) is 0 Å². The molecule has 1 fully saturated rings. The molecule has 0 bridgehead atoms. The summed E-state index contributed by atoms with van der Waals surface area (Å²) in [6.45, 7) is 1.53. The molecule has 2 aliphatic rings. The van der Waals surface area contributed by atoms with Crippen LogP contribution in [0.25, 0.3) is 5.76 Å². The van der Waals surface area contributed by atoms with Crippen LogP contribution in [0.15, 0.2) is 23.9 Å². The standard InChI is InChI=1S/C18H22N2O5/c1-2-25-13(21)11-19-17(24)14-15(22)12-7-6-10-20(12)18(16(14)23)8-4-3-5-9-18/h6-7,10,22H,2-5,8-9,11H2,1H3,(H,19,24). The molecule has 1 aliphatic carbocycles. The van der Waals surface area contributed by atoms with Crippen molar-refractivity contribution in [1.82, 2.24) is 9.88 Å². The van der Waals surface area contributed by atoms with Crippen molar-refractivity contribution in [3.8, 4) is 0 Å². The third-order valence-corrected chi connectivity index (χ3v) is 4.95. The monoisotopic (exact) mass is 346 g/mol. The summed E-state index contributed by atoms with van der Waals surface area (Å²) in [6, 6.07) is 3.45. The summed E-state index contributed by atoms with van der Waals surface area (Å²) in [7, 11) is 0. The lowest BCUT2D eigenvalue weighted by atomic mass is 9.74. The van der Waals surface area contributed by atoms with E-state index < -0.39 is 17.4 Å². The second-order valence-electron chi connectivity index (χ2n) is 6.40. The number of aliphatic hydroxyl groups is 1. The average Bonchev–Trinajstić information content (AvgIpc) is 3.10. The Morgan fingerprint density at radius 1 is 1.32 bits per heavy atom. The Hall–Kier alpha value is -2.57. The lowest BCUT2D eigenvalue weighted by Crippen LogP contribution is -2.50. The van der Waals surface area contributed by atoms with Gasteiger partial charge < -0.3 is 19.7 Å². The highest BCUT2D eigenvalue weighted by Crippen LogP contribution is 2.43. The predicted molar refractivity (Wildman–Crippen MR) is 89.7 cm³/mol. The molecule has 0 radical (unpaired) electrons. The van der Waals surface area contributed by atoms with E-state index >= 15 is 0 Å². The molecule has 1 aromatic rings. The van der Waals surface area contributed by atoms with Gasteiger partial charge in [-0.2, -0.15) is 0 Å². The molecule has 1 amide bonds. The quantitative estimate of drug-likeness (QED) is 0.638. The smallest absolute Gasteiger partial charge is 0.325 e. The van der Waals surface area contributed by atoms with E-state index in [2.05, 4.69) is 5.32 Å². The fraction of sp³-hybridized carbons (Fsp3) is 0.500. The predicted octanol–water partition coefficient (Wildman–Crippen LogP) is 1.68. The molecule has 1 saturated carbocycles. The van der Waals surface area contributed by atoms with E-state index in [1.165, 1.54) is 0 Å². The Morgan fingerprint density at radius 2 is 2.04 bits per heavy atom. The minimum atomic E-state index is -0.820. The molecule has 3 rings (SSSR count). The number of hydrogen-bond acceptors (Lipinski definition) is 5. The number of nitrogens with one attached hydrogen (secondary N) is 1. The first-order valence-corrected chi connectivity index (χ1v) is 8.61. The first-order chi connectivity index (χ1) is 12.0. The zero-order valence-electron chi connectivity index (χ0n) is 14.2. The molecule has 134 valence electrons. The number of carbonyl (C=O) groups excluding carboxylic acids is 3. The van der Waals surface area contributed by atoms with E-state index in [0.29, 0.717) is 18.5 Å².